The second-order valence-corrected chi connectivity index (χ2v) is 29.0. The smallest absolute Gasteiger partial charge is 0.312 e. The number of amides is 3. The fraction of sp³-hybridized carbons (Fsp3) is 0.655. The van der Waals surface area contributed by atoms with E-state index in [-0.39, 0.29) is 41.4 Å². The molecule has 3 heterocycles. The number of aromatic nitrogens is 1. The van der Waals surface area contributed by atoms with Gasteiger partial charge in [-0.1, -0.05) is 101 Å². The minimum absolute atomic E-state index is 0.124. The average molecular weight is 1180 g/mol. The third kappa shape index (κ3) is 22.8. The molecule has 2 unspecified atom stereocenters. The van der Waals surface area contributed by atoms with Crippen molar-refractivity contribution >= 4 is 65.1 Å². The van der Waals surface area contributed by atoms with Gasteiger partial charge in [-0.3, -0.25) is 27.9 Å². The van der Waals surface area contributed by atoms with Crippen LogP contribution in [0.25, 0.3) is 0 Å². The Balaban J connectivity index is 0.000000287. The summed E-state index contributed by atoms with van der Waals surface area (Å²) in [6.07, 6.45) is 7.59. The molecule has 0 radical (unpaired) electrons. The number of anilines is 3. The molecule has 80 heavy (non-hydrogen) atoms. The number of halogens is 1. The zero-order valence-corrected chi connectivity index (χ0v) is 53.2. The predicted octanol–water partition coefficient (Wildman–Crippen LogP) is 8.97. The number of benzene rings is 2. The highest BCUT2D eigenvalue weighted by Gasteiger charge is 2.34. The maximum Gasteiger partial charge on any atom is 0.312 e. The lowest BCUT2D eigenvalue weighted by Crippen LogP contribution is -2.55. The molecule has 2 aromatic carbocycles. The van der Waals surface area contributed by atoms with Gasteiger partial charge in [-0.2, -0.15) is 4.31 Å². The Morgan fingerprint density at radius 2 is 1.26 bits per heavy atom. The number of pyridine rings is 1. The molecule has 2 aliphatic heterocycles. The quantitative estimate of drug-likeness (QED) is 0.0904. The number of hydrogen-bond donors (Lipinski definition) is 2. The molecule has 3 fully saturated rings. The maximum atomic E-state index is 13.1. The first-order chi connectivity index (χ1) is 37.2. The Hall–Kier alpha value is -4.90. The number of rotatable bonds is 22. The molecule has 1 aromatic heterocycles. The number of sulfonamides is 3. The first-order valence-electron chi connectivity index (χ1n) is 28.3. The molecule has 18 nitrogen and oxygen atoms in total. The van der Waals surface area contributed by atoms with Crippen LogP contribution in [0.2, 0.25) is 0 Å². The van der Waals surface area contributed by atoms with E-state index in [0.717, 1.165) is 90.8 Å². The summed E-state index contributed by atoms with van der Waals surface area (Å²) in [5.41, 5.74) is 3.53. The summed E-state index contributed by atoms with van der Waals surface area (Å²) in [7, 11) is -6.78. The summed E-state index contributed by atoms with van der Waals surface area (Å²) in [5.74, 6) is 3.00. The molecule has 452 valence electrons. The fourth-order valence-electron chi connectivity index (χ4n) is 8.70. The van der Waals surface area contributed by atoms with E-state index in [9.17, 15) is 44.0 Å². The highest BCUT2D eigenvalue weighted by molar-refractivity contribution is 7.92. The van der Waals surface area contributed by atoms with Gasteiger partial charge in [-0.25, -0.2) is 34.6 Å². The van der Waals surface area contributed by atoms with Gasteiger partial charge < -0.3 is 20.4 Å². The molecule has 1 saturated carbocycles. The normalized spacial score (nSPS) is 18.0. The van der Waals surface area contributed by atoms with Crippen LogP contribution < -0.4 is 19.2 Å². The van der Waals surface area contributed by atoms with Crippen LogP contribution in [0.4, 0.5) is 21.7 Å². The highest BCUT2D eigenvalue weighted by Crippen LogP contribution is 2.38. The summed E-state index contributed by atoms with van der Waals surface area (Å²) >= 11 is 0. The largest absolute Gasteiger partial charge is 0.370 e. The van der Waals surface area contributed by atoms with Crippen molar-refractivity contribution in [2.45, 2.75) is 133 Å². The van der Waals surface area contributed by atoms with Crippen LogP contribution in [0, 0.1) is 29.5 Å². The number of nitrogens with one attached hydrogen (secondary N) is 2. The Morgan fingerprint density at radius 3 is 1.77 bits per heavy atom. The Labute approximate surface area is 480 Å². The van der Waals surface area contributed by atoms with E-state index in [4.69, 9.17) is 0 Å². The van der Waals surface area contributed by atoms with E-state index in [1.165, 1.54) is 43.2 Å². The number of unbranched alkanes of at least 4 members (excludes halogenated alkanes) is 2. The monoisotopic (exact) mass is 1180 g/mol. The number of hydrogen-bond acceptors (Lipinski definition) is 12. The zero-order valence-electron chi connectivity index (χ0n) is 50.8. The van der Waals surface area contributed by atoms with Crippen LogP contribution in [0.1, 0.15) is 160 Å². The van der Waals surface area contributed by atoms with Crippen molar-refractivity contribution in [2.24, 2.45) is 23.7 Å². The van der Waals surface area contributed by atoms with Crippen molar-refractivity contribution in [3.63, 3.8) is 0 Å². The Kier molecular flexibility index (Phi) is 27.3. The van der Waals surface area contributed by atoms with Crippen molar-refractivity contribution in [3.8, 4) is 0 Å². The standard InChI is InChI=1S/C20H25FN2O3S.C15H25N3O2S.C12H22N2O2.C11H24N2O2S/c1-13(2)16-10-17(12-19(11-16)23(4)27(5,25)26)20(24)22-14(3)15-6-8-18(21)9-7-15;1-10(2)12-7-14(16-9-13-6-11(13)3)17-15(8-12)18(4)21(5,19)20;1-4-5-6-13-7-8-14(9-10(2)3)12(16)11(13)15;1-4-5-6-13-8-7-12(9-11(2)3)10-16(13,14)15/h6-14H,1-5H3,(H,22,24);7-8,10-11,13H,6,9H2,1-5H3,(H,16,17);10H,4-9H2,1-3H3;11H,4-10H2,1-3H3/t14-;;;/m1.../s1. The zero-order chi connectivity index (χ0) is 60.4. The Morgan fingerprint density at radius 1 is 0.725 bits per heavy atom. The van der Waals surface area contributed by atoms with E-state index < -0.39 is 30.1 Å². The minimum atomic E-state index is -3.44. The molecular weight excluding hydrogens is 1080 g/mol. The van der Waals surface area contributed by atoms with E-state index >= 15 is 0 Å². The molecule has 2 N–H and O–H groups in total. The molecule has 3 aromatic rings. The van der Waals surface area contributed by atoms with Crippen molar-refractivity contribution in [2.75, 3.05) is 105 Å². The fourth-order valence-corrected chi connectivity index (χ4v) is 11.3. The lowest BCUT2D eigenvalue weighted by Gasteiger charge is -2.34. The number of nitrogens with zero attached hydrogens (tertiary/aromatic N) is 7. The van der Waals surface area contributed by atoms with Crippen LogP contribution >= 0.6 is 0 Å². The molecule has 22 heteroatoms. The van der Waals surface area contributed by atoms with Crippen LogP contribution in [0.3, 0.4) is 0 Å². The third-order valence-electron chi connectivity index (χ3n) is 14.1. The van der Waals surface area contributed by atoms with E-state index in [0.29, 0.717) is 73.5 Å². The van der Waals surface area contributed by atoms with Gasteiger partial charge in [0.2, 0.25) is 30.1 Å². The van der Waals surface area contributed by atoms with Crippen molar-refractivity contribution in [1.82, 2.24) is 29.3 Å². The van der Waals surface area contributed by atoms with Gasteiger partial charge in [0.1, 0.15) is 23.3 Å². The second kappa shape index (κ2) is 31.5. The first kappa shape index (κ1) is 69.4. The van der Waals surface area contributed by atoms with Gasteiger partial charge in [0.05, 0.1) is 24.2 Å². The van der Waals surface area contributed by atoms with Gasteiger partial charge >= 0.3 is 11.8 Å². The molecule has 3 atom stereocenters. The van der Waals surface area contributed by atoms with Crippen molar-refractivity contribution in [1.29, 1.82) is 0 Å². The van der Waals surface area contributed by atoms with Crippen LogP contribution in [0.5, 0.6) is 0 Å². The molecule has 3 amide bonds. The molecular formula is C58H96FN9O9S3. The predicted molar refractivity (Wildman–Crippen MR) is 323 cm³/mol. The molecule has 0 spiro atoms. The number of carbonyl (C=O) groups is 3. The van der Waals surface area contributed by atoms with Gasteiger partial charge in [-0.05, 0) is 121 Å². The van der Waals surface area contributed by atoms with Gasteiger partial charge in [0, 0.05) is 78.6 Å². The van der Waals surface area contributed by atoms with Crippen molar-refractivity contribution in [3.05, 3.63) is 82.7 Å². The summed E-state index contributed by atoms with van der Waals surface area (Å²) in [5, 5.41) is 6.22. The van der Waals surface area contributed by atoms with Crippen LogP contribution in [0.15, 0.2) is 54.6 Å². The summed E-state index contributed by atoms with van der Waals surface area (Å²) in [6, 6.07) is 14.5. The number of piperazine rings is 1. The lowest BCUT2D eigenvalue weighted by atomic mass is 9.99. The summed E-state index contributed by atoms with van der Waals surface area (Å²) in [6.45, 7) is 31.5. The SMILES string of the molecule is CC(C)c1cc(C(=O)N[C@H](C)c2ccc(F)cc2)cc(N(C)S(C)(=O)=O)c1.CC(C)c1cc(NCC2CC2C)nc(N(C)S(C)(=O)=O)c1.CCCCN1CCN(CC(C)C)C(=O)C1=O.CCCCN1CCN(CC(C)C)CS1(=O)=O. The number of carbonyl (C=O) groups excluding carboxylic acids is 3. The Bertz CT molecular complexity index is 2820. The summed E-state index contributed by atoms with van der Waals surface area (Å²) in [4.78, 5) is 46.1. The maximum absolute atomic E-state index is 13.1. The summed E-state index contributed by atoms with van der Waals surface area (Å²) < 4.78 is 88.2. The molecule has 1 aliphatic carbocycles. The average Bonchev–Trinajstić information content (AvgIpc) is 4.09. The first-order valence-corrected chi connectivity index (χ1v) is 33.6. The minimum Gasteiger partial charge on any atom is -0.370 e. The third-order valence-corrected chi connectivity index (χ3v) is 18.4. The molecule has 0 bridgehead atoms. The van der Waals surface area contributed by atoms with E-state index in [1.807, 2.05) is 30.9 Å². The van der Waals surface area contributed by atoms with Crippen LogP contribution in [-0.2, 0) is 39.7 Å². The van der Waals surface area contributed by atoms with Gasteiger partial charge in [0.15, 0.2) is 0 Å². The molecule has 2 saturated heterocycles. The van der Waals surface area contributed by atoms with Gasteiger partial charge in [-0.15, -0.1) is 0 Å². The highest BCUT2D eigenvalue weighted by atomic mass is 32.2. The molecule has 6 rings (SSSR count). The lowest BCUT2D eigenvalue weighted by molar-refractivity contribution is -0.156. The second-order valence-electron chi connectivity index (χ2n) is 23.1. The van der Waals surface area contributed by atoms with Crippen LogP contribution in [-0.4, -0.2) is 158 Å². The molecule has 3 aliphatic rings. The topological polar surface area (TPSA) is 210 Å². The van der Waals surface area contributed by atoms with E-state index in [1.54, 1.807) is 51.4 Å². The van der Waals surface area contributed by atoms with E-state index in [2.05, 4.69) is 77.9 Å². The van der Waals surface area contributed by atoms with Crippen molar-refractivity contribution < 1.29 is 44.0 Å². The van der Waals surface area contributed by atoms with Gasteiger partial charge in [0.25, 0.3) is 5.91 Å².